The van der Waals surface area contributed by atoms with E-state index in [-0.39, 0.29) is 31.6 Å². The average Bonchev–Trinajstić information content (AvgIpc) is 2.99. The van der Waals surface area contributed by atoms with Crippen LogP contribution in [0.3, 0.4) is 0 Å². The Morgan fingerprint density at radius 1 is 0.927 bits per heavy atom. The van der Waals surface area contributed by atoms with Crippen molar-refractivity contribution >= 4 is 18.0 Å². The third-order valence-electron chi connectivity index (χ3n) is 7.85. The Morgan fingerprint density at radius 3 is 2.20 bits per heavy atom. The van der Waals surface area contributed by atoms with Crippen LogP contribution in [0, 0.1) is 5.92 Å². The highest BCUT2D eigenvalue weighted by Gasteiger charge is 2.43. The Hall–Kier alpha value is -4.13. The number of carbonyl (C=O) groups excluding carboxylic acids is 2. The van der Waals surface area contributed by atoms with E-state index < -0.39 is 24.0 Å². The number of aliphatic carboxylic acids is 1. The normalized spacial score (nSPS) is 16.9. The van der Waals surface area contributed by atoms with E-state index in [1.165, 1.54) is 10.5 Å². The topological polar surface area (TPSA) is 87.2 Å². The maximum atomic E-state index is 14.3. The van der Waals surface area contributed by atoms with Gasteiger partial charge in [0.1, 0.15) is 6.04 Å². The van der Waals surface area contributed by atoms with Gasteiger partial charge in [-0.1, -0.05) is 84.9 Å². The molecule has 7 nitrogen and oxygen atoms in total. The summed E-state index contributed by atoms with van der Waals surface area (Å²) in [7, 11) is 0. The van der Waals surface area contributed by atoms with Crippen molar-refractivity contribution in [1.29, 1.82) is 0 Å². The molecule has 7 heteroatoms. The minimum absolute atomic E-state index is 0.172. The predicted molar refractivity (Wildman–Crippen MR) is 158 cm³/mol. The van der Waals surface area contributed by atoms with E-state index in [4.69, 9.17) is 4.74 Å². The maximum Gasteiger partial charge on any atom is 0.326 e. The van der Waals surface area contributed by atoms with Crippen molar-refractivity contribution in [1.82, 2.24) is 9.80 Å². The largest absolute Gasteiger partial charge is 0.480 e. The van der Waals surface area contributed by atoms with Crippen LogP contribution in [0.2, 0.25) is 0 Å². The van der Waals surface area contributed by atoms with Crippen LogP contribution in [-0.4, -0.2) is 58.6 Å². The molecule has 0 saturated carbocycles. The lowest BCUT2D eigenvalue weighted by molar-refractivity contribution is -0.149. The van der Waals surface area contributed by atoms with Gasteiger partial charge in [0.2, 0.25) is 0 Å². The smallest absolute Gasteiger partial charge is 0.326 e. The fourth-order valence-electron chi connectivity index (χ4n) is 5.75. The molecule has 4 rings (SSSR count). The molecule has 0 aromatic heterocycles. The Kier molecular flexibility index (Phi) is 10.5. The highest BCUT2D eigenvalue weighted by atomic mass is 16.5. The predicted octanol–water partition coefficient (Wildman–Crippen LogP) is 5.93. The molecule has 1 unspecified atom stereocenters. The average molecular weight is 557 g/mol. The number of hydrogen-bond donors (Lipinski definition) is 1. The van der Waals surface area contributed by atoms with E-state index in [1.807, 2.05) is 79.7 Å². The third kappa shape index (κ3) is 7.54. The van der Waals surface area contributed by atoms with Crippen LogP contribution in [0.1, 0.15) is 55.0 Å². The molecule has 216 valence electrons. The number of benzene rings is 3. The van der Waals surface area contributed by atoms with Crippen LogP contribution in [-0.2, 0) is 33.6 Å². The van der Waals surface area contributed by atoms with Gasteiger partial charge in [-0.05, 0) is 61.8 Å². The van der Waals surface area contributed by atoms with E-state index in [2.05, 4.69) is 12.1 Å². The minimum atomic E-state index is -1.04. The van der Waals surface area contributed by atoms with Crippen molar-refractivity contribution in [3.63, 3.8) is 0 Å². The summed E-state index contributed by atoms with van der Waals surface area (Å²) in [5.74, 6) is -1.87. The molecule has 1 aliphatic heterocycles. The van der Waals surface area contributed by atoms with Crippen LogP contribution >= 0.6 is 0 Å². The van der Waals surface area contributed by atoms with Crippen molar-refractivity contribution in [2.24, 2.45) is 5.92 Å². The zero-order valence-corrected chi connectivity index (χ0v) is 23.9. The van der Waals surface area contributed by atoms with Gasteiger partial charge in [0.15, 0.2) is 0 Å². The number of nitrogens with zero attached hydrogens (tertiary/aromatic N) is 2. The van der Waals surface area contributed by atoms with Gasteiger partial charge in [-0.2, -0.15) is 0 Å². The summed E-state index contributed by atoms with van der Waals surface area (Å²) in [6.45, 7) is 4.42. The fraction of sp³-hybridized carbons (Fsp3) is 0.382. The zero-order chi connectivity index (χ0) is 29.2. The molecule has 0 radical (unpaired) electrons. The van der Waals surface area contributed by atoms with E-state index in [9.17, 15) is 19.5 Å². The molecule has 1 N–H and O–H groups in total. The third-order valence-corrected chi connectivity index (χ3v) is 7.85. The molecule has 41 heavy (non-hydrogen) atoms. The van der Waals surface area contributed by atoms with Crippen molar-refractivity contribution in [3.8, 4) is 0 Å². The number of carboxylic acid groups (broad SMARTS) is 1. The first kappa shape index (κ1) is 29.8. The first-order chi connectivity index (χ1) is 19.9. The Labute approximate surface area is 242 Å². The quantitative estimate of drug-likeness (QED) is 0.280. The monoisotopic (exact) mass is 556 g/mol. The van der Waals surface area contributed by atoms with Crippen LogP contribution in [0.15, 0.2) is 84.9 Å². The summed E-state index contributed by atoms with van der Waals surface area (Å²) in [5, 5.41) is 10.3. The first-order valence-corrected chi connectivity index (χ1v) is 14.5. The molecule has 3 aromatic carbocycles. The van der Waals surface area contributed by atoms with Crippen molar-refractivity contribution in [2.75, 3.05) is 19.7 Å². The second-order valence-corrected chi connectivity index (χ2v) is 10.5. The number of esters is 1. The second-order valence-electron chi connectivity index (χ2n) is 10.5. The number of hydrogen-bond acceptors (Lipinski definition) is 4. The van der Waals surface area contributed by atoms with Crippen molar-refractivity contribution in [3.05, 3.63) is 107 Å². The van der Waals surface area contributed by atoms with E-state index in [0.717, 1.165) is 29.5 Å². The molecule has 0 spiro atoms. The van der Waals surface area contributed by atoms with Gasteiger partial charge in [-0.15, -0.1) is 0 Å². The van der Waals surface area contributed by atoms with E-state index in [0.29, 0.717) is 19.4 Å². The summed E-state index contributed by atoms with van der Waals surface area (Å²) >= 11 is 0. The molecule has 0 bridgehead atoms. The molecule has 0 aliphatic carbocycles. The maximum absolute atomic E-state index is 14.3. The Morgan fingerprint density at radius 2 is 1.56 bits per heavy atom. The van der Waals surface area contributed by atoms with Crippen LogP contribution in [0.25, 0.3) is 0 Å². The molecule has 3 aromatic rings. The SMILES string of the molecule is CCOC(=O)[C@H](CCCc1ccccc1)CN(CC)C(=O)N1C(Cc2ccccc2)c2ccccc2C[C@H]1C(=O)O. The minimum Gasteiger partial charge on any atom is -0.480 e. The molecular weight excluding hydrogens is 516 g/mol. The lowest BCUT2D eigenvalue weighted by Crippen LogP contribution is -2.56. The van der Waals surface area contributed by atoms with Crippen molar-refractivity contribution < 1.29 is 24.2 Å². The van der Waals surface area contributed by atoms with Crippen molar-refractivity contribution in [2.45, 2.75) is 58.0 Å². The van der Waals surface area contributed by atoms with E-state index >= 15 is 0 Å². The lowest BCUT2D eigenvalue weighted by atomic mass is 9.85. The van der Waals surface area contributed by atoms with Gasteiger partial charge >= 0.3 is 18.0 Å². The van der Waals surface area contributed by atoms with Gasteiger partial charge in [-0.25, -0.2) is 9.59 Å². The molecule has 0 saturated heterocycles. The highest BCUT2D eigenvalue weighted by Crippen LogP contribution is 2.37. The number of fused-ring (bicyclic) bond motifs is 1. The van der Waals surface area contributed by atoms with Crippen LogP contribution < -0.4 is 0 Å². The number of amides is 2. The number of carbonyl (C=O) groups is 3. The van der Waals surface area contributed by atoms with Gasteiger partial charge in [-0.3, -0.25) is 4.79 Å². The van der Waals surface area contributed by atoms with Gasteiger partial charge in [0, 0.05) is 19.5 Å². The second kappa shape index (κ2) is 14.5. The van der Waals surface area contributed by atoms with Gasteiger partial charge < -0.3 is 19.6 Å². The molecule has 1 aliphatic rings. The van der Waals surface area contributed by atoms with Gasteiger partial charge in [0.25, 0.3) is 0 Å². The first-order valence-electron chi connectivity index (χ1n) is 14.5. The number of aryl methyl sites for hydroxylation is 1. The number of urea groups is 1. The van der Waals surface area contributed by atoms with E-state index in [1.54, 1.807) is 11.8 Å². The molecule has 0 fully saturated rings. The molecule has 2 amide bonds. The summed E-state index contributed by atoms with van der Waals surface area (Å²) in [6, 6.07) is 25.9. The highest BCUT2D eigenvalue weighted by molar-refractivity contribution is 5.85. The summed E-state index contributed by atoms with van der Waals surface area (Å²) < 4.78 is 5.40. The van der Waals surface area contributed by atoms with Gasteiger partial charge in [0.05, 0.1) is 18.6 Å². The molecule has 3 atom stereocenters. The van der Waals surface area contributed by atoms with Crippen LogP contribution in [0.4, 0.5) is 4.79 Å². The Bertz CT molecular complexity index is 1300. The standard InChI is InChI=1S/C34H40N2O5/c1-3-35(24-28(33(39)41-4-2)20-13-18-25-14-7-5-8-15-25)34(40)36-30(22-26-16-9-6-10-17-26)29-21-12-11-19-27(29)23-31(36)32(37)38/h5-12,14-17,19,21,28,30-31H,3-4,13,18,20,22-24H2,1-2H3,(H,37,38)/t28-,30?,31+/m1/s1. The summed E-state index contributed by atoms with van der Waals surface area (Å²) in [5.41, 5.74) is 4.12. The summed E-state index contributed by atoms with van der Waals surface area (Å²) in [4.78, 5) is 43.1. The summed E-state index contributed by atoms with van der Waals surface area (Å²) in [6.07, 6.45) is 2.88. The number of rotatable bonds is 12. The lowest BCUT2D eigenvalue weighted by Gasteiger charge is -2.44. The zero-order valence-electron chi connectivity index (χ0n) is 23.9. The number of ether oxygens (including phenoxy) is 1. The van der Waals surface area contributed by atoms with Crippen LogP contribution in [0.5, 0.6) is 0 Å². The Balaban J connectivity index is 1.61. The number of carboxylic acids is 1. The fourth-order valence-corrected chi connectivity index (χ4v) is 5.75. The molecule has 1 heterocycles. The molecular formula is C34H40N2O5.